The molecule has 5 rings (SSSR count). The Hall–Kier alpha value is -3.61. The van der Waals surface area contributed by atoms with Crippen molar-refractivity contribution in [3.63, 3.8) is 0 Å². The highest BCUT2D eigenvalue weighted by atomic mass is 16.5. The van der Waals surface area contributed by atoms with Gasteiger partial charge < -0.3 is 14.8 Å². The molecule has 0 spiro atoms. The van der Waals surface area contributed by atoms with Crippen LogP contribution in [-0.2, 0) is 10.2 Å². The molecule has 2 aromatic carbocycles. The van der Waals surface area contributed by atoms with Crippen molar-refractivity contribution in [3.8, 4) is 22.9 Å². The molecule has 3 aromatic rings. The number of methoxy groups -OCH3 is 2. The number of hydrogen-bond donors (Lipinski definition) is 1. The number of nitrogens with zero attached hydrogens (tertiary/aromatic N) is 3. The number of anilines is 1. The molecule has 1 aromatic heterocycles. The maximum atomic E-state index is 13.1. The number of rotatable bonds is 4. The van der Waals surface area contributed by atoms with E-state index in [1.165, 1.54) is 5.56 Å². The number of benzene rings is 2. The molecule has 1 N–H and O–H groups in total. The van der Waals surface area contributed by atoms with Crippen molar-refractivity contribution in [3.05, 3.63) is 64.9 Å². The predicted molar refractivity (Wildman–Crippen MR) is 131 cm³/mol. The molecule has 34 heavy (non-hydrogen) atoms. The lowest BCUT2D eigenvalue weighted by Crippen LogP contribution is -2.31. The zero-order chi connectivity index (χ0) is 24.0. The van der Waals surface area contributed by atoms with Crippen LogP contribution < -0.4 is 14.8 Å². The minimum atomic E-state index is -0.381. The summed E-state index contributed by atoms with van der Waals surface area (Å²) in [5.74, 6) is 2.67. The number of carbonyl (C=O) groups excluding carboxylic acids is 1. The minimum Gasteiger partial charge on any atom is -0.493 e. The normalized spacial score (nSPS) is 17.7. The zero-order valence-electron chi connectivity index (χ0n) is 20.3. The van der Waals surface area contributed by atoms with Gasteiger partial charge in [0.2, 0.25) is 5.95 Å². The lowest BCUT2D eigenvalue weighted by Gasteiger charge is -2.32. The van der Waals surface area contributed by atoms with Crippen LogP contribution in [0.4, 0.5) is 5.95 Å². The van der Waals surface area contributed by atoms with Gasteiger partial charge in [0.05, 0.1) is 14.2 Å². The molecular weight excluding hydrogens is 428 g/mol. The van der Waals surface area contributed by atoms with Gasteiger partial charge in [-0.15, -0.1) is 5.10 Å². The Kier molecular flexibility index (Phi) is 5.42. The van der Waals surface area contributed by atoms with Gasteiger partial charge in [-0.1, -0.05) is 51.1 Å². The fourth-order valence-corrected chi connectivity index (χ4v) is 4.73. The number of Topliss-reactive ketones (excluding diaryl/α,β-unsaturated/α-hetero) is 1. The fourth-order valence-electron chi connectivity index (χ4n) is 4.73. The van der Waals surface area contributed by atoms with E-state index in [1.54, 1.807) is 14.2 Å². The number of aromatic nitrogens is 3. The van der Waals surface area contributed by atoms with Gasteiger partial charge in [0.25, 0.3) is 0 Å². The van der Waals surface area contributed by atoms with Gasteiger partial charge in [0, 0.05) is 23.3 Å². The Bertz CT molecular complexity index is 1280. The van der Waals surface area contributed by atoms with E-state index in [1.807, 2.05) is 22.9 Å². The van der Waals surface area contributed by atoms with E-state index in [2.05, 4.69) is 50.4 Å². The first kappa shape index (κ1) is 22.2. The summed E-state index contributed by atoms with van der Waals surface area (Å²) in [4.78, 5) is 17.9. The Morgan fingerprint density at radius 2 is 1.74 bits per heavy atom. The molecule has 0 amide bonds. The van der Waals surface area contributed by atoms with E-state index in [-0.39, 0.29) is 17.2 Å². The van der Waals surface area contributed by atoms with Gasteiger partial charge >= 0.3 is 0 Å². The minimum absolute atomic E-state index is 0.0722. The van der Waals surface area contributed by atoms with Gasteiger partial charge in [0.1, 0.15) is 6.04 Å². The van der Waals surface area contributed by atoms with E-state index < -0.39 is 0 Å². The monoisotopic (exact) mass is 458 g/mol. The molecule has 7 heteroatoms. The maximum absolute atomic E-state index is 13.1. The number of ether oxygens (including phenoxy) is 2. The lowest BCUT2D eigenvalue weighted by atomic mass is 9.85. The van der Waals surface area contributed by atoms with Crippen molar-refractivity contribution < 1.29 is 14.3 Å². The third-order valence-electron chi connectivity index (χ3n) is 6.60. The number of ketones is 1. The number of hydrogen-bond acceptors (Lipinski definition) is 6. The summed E-state index contributed by atoms with van der Waals surface area (Å²) in [6, 6.07) is 13.7. The van der Waals surface area contributed by atoms with Crippen LogP contribution in [0.25, 0.3) is 11.4 Å². The average Bonchev–Trinajstić information content (AvgIpc) is 3.25. The quantitative estimate of drug-likeness (QED) is 0.573. The third kappa shape index (κ3) is 3.75. The number of fused-ring (bicyclic) bond motifs is 1. The molecule has 2 aliphatic rings. The zero-order valence-corrected chi connectivity index (χ0v) is 20.3. The molecule has 0 bridgehead atoms. The third-order valence-corrected chi connectivity index (χ3v) is 6.60. The second-order valence-corrected chi connectivity index (χ2v) is 9.84. The molecule has 0 saturated heterocycles. The van der Waals surface area contributed by atoms with Crippen LogP contribution in [0, 0.1) is 0 Å². The topological polar surface area (TPSA) is 78.3 Å². The highest BCUT2D eigenvalue weighted by Gasteiger charge is 2.37. The van der Waals surface area contributed by atoms with Gasteiger partial charge in [-0.3, -0.25) is 4.79 Å². The van der Waals surface area contributed by atoms with Gasteiger partial charge in [0.15, 0.2) is 23.1 Å². The van der Waals surface area contributed by atoms with Crippen LogP contribution in [0.2, 0.25) is 0 Å². The average molecular weight is 459 g/mol. The first-order valence-electron chi connectivity index (χ1n) is 11.6. The van der Waals surface area contributed by atoms with Crippen LogP contribution in [0.5, 0.6) is 11.5 Å². The molecule has 7 nitrogen and oxygen atoms in total. The van der Waals surface area contributed by atoms with Crippen LogP contribution >= 0.6 is 0 Å². The second kappa shape index (κ2) is 8.31. The van der Waals surface area contributed by atoms with E-state index in [9.17, 15) is 4.79 Å². The SMILES string of the molecule is COc1ccc(C2C3=C(CCCC3=O)Nc3nc(-c4ccc(C(C)(C)C)cc4)nn32)cc1OC. The maximum Gasteiger partial charge on any atom is 0.226 e. The van der Waals surface area contributed by atoms with Gasteiger partial charge in [-0.2, -0.15) is 4.98 Å². The van der Waals surface area contributed by atoms with Crippen LogP contribution in [0.1, 0.15) is 57.2 Å². The molecule has 1 aliphatic carbocycles. The number of carbonyl (C=O) groups is 1. The highest BCUT2D eigenvalue weighted by Crippen LogP contribution is 2.42. The summed E-state index contributed by atoms with van der Waals surface area (Å²) < 4.78 is 12.8. The van der Waals surface area contributed by atoms with Crippen molar-refractivity contribution in [2.45, 2.75) is 51.5 Å². The standard InChI is InChI=1S/C27H30N4O3/c1-27(2,3)18-12-9-16(10-13-18)25-29-26-28-19-7-6-8-20(32)23(19)24(31(26)30-25)17-11-14-21(33-4)22(15-17)34-5/h9-15,24H,6-8H2,1-5H3,(H,28,29,30). The fraction of sp³-hybridized carbons (Fsp3) is 0.370. The molecular formula is C27H30N4O3. The van der Waals surface area contributed by atoms with Crippen molar-refractivity contribution in [1.82, 2.24) is 14.8 Å². The summed E-state index contributed by atoms with van der Waals surface area (Å²) in [5, 5.41) is 8.28. The van der Waals surface area contributed by atoms with E-state index in [0.29, 0.717) is 29.7 Å². The van der Waals surface area contributed by atoms with E-state index in [4.69, 9.17) is 19.6 Å². The van der Waals surface area contributed by atoms with E-state index >= 15 is 0 Å². The molecule has 1 aliphatic heterocycles. The Morgan fingerprint density at radius 1 is 1.00 bits per heavy atom. The molecule has 0 fully saturated rings. The molecule has 0 radical (unpaired) electrons. The summed E-state index contributed by atoms with van der Waals surface area (Å²) in [6.45, 7) is 6.58. The lowest BCUT2D eigenvalue weighted by molar-refractivity contribution is -0.116. The molecule has 1 atom stereocenters. The summed E-state index contributed by atoms with van der Waals surface area (Å²) in [6.07, 6.45) is 2.18. The summed E-state index contributed by atoms with van der Waals surface area (Å²) >= 11 is 0. The number of nitrogens with one attached hydrogen (secondary N) is 1. The summed E-state index contributed by atoms with van der Waals surface area (Å²) in [5.41, 5.74) is 4.86. The molecule has 0 saturated carbocycles. The first-order chi connectivity index (χ1) is 16.3. The largest absolute Gasteiger partial charge is 0.493 e. The van der Waals surface area contributed by atoms with Crippen molar-refractivity contribution in [1.29, 1.82) is 0 Å². The summed E-state index contributed by atoms with van der Waals surface area (Å²) in [7, 11) is 3.22. The van der Waals surface area contributed by atoms with E-state index in [0.717, 1.165) is 35.2 Å². The molecule has 1 unspecified atom stereocenters. The Balaban J connectivity index is 1.62. The molecule has 176 valence electrons. The van der Waals surface area contributed by atoms with Gasteiger partial charge in [-0.25, -0.2) is 4.68 Å². The van der Waals surface area contributed by atoms with Crippen molar-refractivity contribution in [2.75, 3.05) is 19.5 Å². The highest BCUT2D eigenvalue weighted by molar-refractivity contribution is 5.99. The number of allylic oxidation sites excluding steroid dienone is 2. The molecule has 2 heterocycles. The van der Waals surface area contributed by atoms with Crippen LogP contribution in [-0.4, -0.2) is 34.8 Å². The van der Waals surface area contributed by atoms with Crippen molar-refractivity contribution >= 4 is 11.7 Å². The predicted octanol–water partition coefficient (Wildman–Crippen LogP) is 5.28. The smallest absolute Gasteiger partial charge is 0.226 e. The Labute approximate surface area is 199 Å². The van der Waals surface area contributed by atoms with Crippen LogP contribution in [0.15, 0.2) is 53.7 Å². The van der Waals surface area contributed by atoms with Gasteiger partial charge in [-0.05, 0) is 41.5 Å². The second-order valence-electron chi connectivity index (χ2n) is 9.84. The first-order valence-corrected chi connectivity index (χ1v) is 11.6. The van der Waals surface area contributed by atoms with Crippen LogP contribution in [0.3, 0.4) is 0 Å². The van der Waals surface area contributed by atoms with Crippen molar-refractivity contribution in [2.24, 2.45) is 0 Å². The Morgan fingerprint density at radius 3 is 2.41 bits per heavy atom.